The van der Waals surface area contributed by atoms with E-state index in [1.54, 1.807) is 7.05 Å². The normalized spacial score (nSPS) is 9.90. The number of hydrogen-bond donors (Lipinski definition) is 2. The second kappa shape index (κ2) is 6.51. The van der Waals surface area contributed by atoms with Gasteiger partial charge in [-0.15, -0.1) is 0 Å². The fourth-order valence-corrected chi connectivity index (χ4v) is 0.627. The van der Waals surface area contributed by atoms with E-state index in [-0.39, 0.29) is 0 Å². The minimum atomic E-state index is 0.653. The van der Waals surface area contributed by atoms with Crippen LogP contribution in [-0.2, 0) is 4.79 Å². The van der Waals surface area contributed by atoms with Gasteiger partial charge >= 0.3 is 0 Å². The van der Waals surface area contributed by atoms with Crippen molar-refractivity contribution in [2.24, 2.45) is 0 Å². The molecule has 0 aliphatic rings. The molecule has 1 amide bonds. The number of carbonyl (C=O) groups excluding carboxylic acids is 1. The molecule has 0 unspecified atom stereocenters. The Hall–Kier alpha value is -0.610. The van der Waals surface area contributed by atoms with E-state index in [0.29, 0.717) is 19.5 Å². The van der Waals surface area contributed by atoms with E-state index in [4.69, 9.17) is 5.21 Å². The van der Waals surface area contributed by atoms with Gasteiger partial charge < -0.3 is 10.5 Å². The summed E-state index contributed by atoms with van der Waals surface area (Å²) in [4.78, 5) is 9.73. The summed E-state index contributed by atoms with van der Waals surface area (Å²) in [7, 11) is 1.60. The van der Waals surface area contributed by atoms with Crippen LogP contribution in [0, 0.1) is 0 Å². The van der Waals surface area contributed by atoms with Crippen LogP contribution in [0.5, 0.6) is 0 Å². The molecular weight excluding hydrogens is 132 g/mol. The van der Waals surface area contributed by atoms with Gasteiger partial charge in [0.1, 0.15) is 0 Å². The number of nitrogens with zero attached hydrogens (tertiary/aromatic N) is 1. The lowest BCUT2D eigenvalue weighted by molar-refractivity contribution is -0.109. The SMILES string of the molecule is CN(O)CCCCNC=O. The largest absolute Gasteiger partial charge is 0.359 e. The molecule has 0 bridgehead atoms. The fraction of sp³-hybridized carbons (Fsp3) is 0.833. The third kappa shape index (κ3) is 7.39. The molecular formula is C6H14N2O2. The molecule has 4 heteroatoms. The predicted molar refractivity (Wildman–Crippen MR) is 37.7 cm³/mol. The molecule has 60 valence electrons. The van der Waals surface area contributed by atoms with Gasteiger partial charge in [0.25, 0.3) is 0 Å². The van der Waals surface area contributed by atoms with E-state index in [2.05, 4.69) is 5.32 Å². The molecule has 2 N–H and O–H groups in total. The van der Waals surface area contributed by atoms with Gasteiger partial charge in [-0.1, -0.05) is 0 Å². The molecule has 0 aliphatic heterocycles. The van der Waals surface area contributed by atoms with Crippen LogP contribution in [0.4, 0.5) is 0 Å². The number of hydroxylamine groups is 2. The maximum Gasteiger partial charge on any atom is 0.207 e. The van der Waals surface area contributed by atoms with Crippen LogP contribution < -0.4 is 5.32 Å². The number of carbonyl (C=O) groups is 1. The van der Waals surface area contributed by atoms with Crippen LogP contribution in [-0.4, -0.2) is 36.8 Å². The molecule has 0 radical (unpaired) electrons. The highest BCUT2D eigenvalue weighted by Crippen LogP contribution is 1.87. The second-order valence-corrected chi connectivity index (χ2v) is 2.16. The highest BCUT2D eigenvalue weighted by Gasteiger charge is 1.90. The zero-order chi connectivity index (χ0) is 7.82. The van der Waals surface area contributed by atoms with Gasteiger partial charge in [0.15, 0.2) is 0 Å². The zero-order valence-corrected chi connectivity index (χ0v) is 6.21. The predicted octanol–water partition coefficient (Wildman–Crippen LogP) is -0.166. The monoisotopic (exact) mass is 146 g/mol. The quantitative estimate of drug-likeness (QED) is 0.311. The molecule has 0 spiro atoms. The Morgan fingerprint density at radius 3 is 2.80 bits per heavy atom. The van der Waals surface area contributed by atoms with E-state index in [1.165, 1.54) is 0 Å². The number of rotatable bonds is 6. The van der Waals surface area contributed by atoms with Gasteiger partial charge in [-0.25, -0.2) is 0 Å². The van der Waals surface area contributed by atoms with Crippen molar-refractivity contribution in [1.29, 1.82) is 0 Å². The first-order valence-corrected chi connectivity index (χ1v) is 3.34. The van der Waals surface area contributed by atoms with Crippen LogP contribution in [0.3, 0.4) is 0 Å². The number of hydrogen-bond acceptors (Lipinski definition) is 3. The van der Waals surface area contributed by atoms with Crippen molar-refractivity contribution < 1.29 is 10.0 Å². The molecule has 0 atom stereocenters. The minimum Gasteiger partial charge on any atom is -0.359 e. The van der Waals surface area contributed by atoms with E-state index in [1.807, 2.05) is 0 Å². The summed E-state index contributed by atoms with van der Waals surface area (Å²) in [5.41, 5.74) is 0. The Kier molecular flexibility index (Phi) is 6.11. The van der Waals surface area contributed by atoms with Gasteiger partial charge in [-0.2, -0.15) is 5.06 Å². The standard InChI is InChI=1S/C6H14N2O2/c1-8(10)5-3-2-4-7-6-9/h6,10H,2-5H2,1H3,(H,7,9). The fourth-order valence-electron chi connectivity index (χ4n) is 0.627. The van der Waals surface area contributed by atoms with Gasteiger partial charge in [-0.3, -0.25) is 4.79 Å². The van der Waals surface area contributed by atoms with Gasteiger partial charge in [0, 0.05) is 20.1 Å². The summed E-state index contributed by atoms with van der Waals surface area (Å²) in [6.45, 7) is 1.35. The van der Waals surface area contributed by atoms with Crippen LogP contribution >= 0.6 is 0 Å². The van der Waals surface area contributed by atoms with Crippen molar-refractivity contribution >= 4 is 6.41 Å². The topological polar surface area (TPSA) is 52.6 Å². The minimum absolute atomic E-state index is 0.653. The molecule has 0 saturated heterocycles. The first-order chi connectivity index (χ1) is 4.77. The highest BCUT2D eigenvalue weighted by atomic mass is 16.5. The summed E-state index contributed by atoms with van der Waals surface area (Å²) in [5, 5.41) is 12.3. The lowest BCUT2D eigenvalue weighted by atomic mass is 10.3. The molecule has 0 heterocycles. The first kappa shape index (κ1) is 9.39. The summed E-state index contributed by atoms with van der Waals surface area (Å²) in [5.74, 6) is 0. The lowest BCUT2D eigenvalue weighted by Crippen LogP contribution is -2.17. The lowest BCUT2D eigenvalue weighted by Gasteiger charge is -2.06. The molecule has 0 fully saturated rings. The van der Waals surface area contributed by atoms with Crippen molar-refractivity contribution in [2.45, 2.75) is 12.8 Å². The smallest absolute Gasteiger partial charge is 0.207 e. The average molecular weight is 146 g/mol. The summed E-state index contributed by atoms with van der Waals surface area (Å²) >= 11 is 0. The Labute approximate surface area is 60.8 Å². The Bertz CT molecular complexity index is 85.8. The van der Waals surface area contributed by atoms with Crippen molar-refractivity contribution in [3.05, 3.63) is 0 Å². The maximum absolute atomic E-state index is 9.73. The molecule has 0 rings (SSSR count). The molecule has 0 aliphatic carbocycles. The molecule has 0 aromatic carbocycles. The Balaban J connectivity index is 2.83. The maximum atomic E-state index is 9.73. The van der Waals surface area contributed by atoms with E-state index < -0.39 is 0 Å². The van der Waals surface area contributed by atoms with Crippen molar-refractivity contribution in [2.75, 3.05) is 20.1 Å². The van der Waals surface area contributed by atoms with Crippen LogP contribution in [0.25, 0.3) is 0 Å². The van der Waals surface area contributed by atoms with Crippen molar-refractivity contribution in [3.63, 3.8) is 0 Å². The highest BCUT2D eigenvalue weighted by molar-refractivity contribution is 5.45. The van der Waals surface area contributed by atoms with Crippen LogP contribution in [0.1, 0.15) is 12.8 Å². The zero-order valence-electron chi connectivity index (χ0n) is 6.21. The van der Waals surface area contributed by atoms with Gasteiger partial charge in [-0.05, 0) is 12.8 Å². The van der Waals surface area contributed by atoms with Crippen molar-refractivity contribution in [3.8, 4) is 0 Å². The second-order valence-electron chi connectivity index (χ2n) is 2.16. The molecule has 0 aromatic heterocycles. The Morgan fingerprint density at radius 1 is 1.60 bits per heavy atom. The summed E-state index contributed by atoms with van der Waals surface area (Å²) in [6, 6.07) is 0. The molecule has 4 nitrogen and oxygen atoms in total. The number of amides is 1. The number of unbranched alkanes of at least 4 members (excludes halogenated alkanes) is 1. The number of nitrogens with one attached hydrogen (secondary N) is 1. The van der Waals surface area contributed by atoms with E-state index in [9.17, 15) is 4.79 Å². The van der Waals surface area contributed by atoms with E-state index >= 15 is 0 Å². The summed E-state index contributed by atoms with van der Waals surface area (Å²) in [6.07, 6.45) is 2.49. The van der Waals surface area contributed by atoms with Crippen LogP contribution in [0.15, 0.2) is 0 Å². The third-order valence-corrected chi connectivity index (χ3v) is 1.14. The molecule has 0 saturated carbocycles. The van der Waals surface area contributed by atoms with Gasteiger partial charge in [0.2, 0.25) is 6.41 Å². The summed E-state index contributed by atoms with van der Waals surface area (Å²) < 4.78 is 0. The average Bonchev–Trinajstić information content (AvgIpc) is 1.87. The Morgan fingerprint density at radius 2 is 2.30 bits per heavy atom. The van der Waals surface area contributed by atoms with Crippen LogP contribution in [0.2, 0.25) is 0 Å². The van der Waals surface area contributed by atoms with E-state index in [0.717, 1.165) is 17.9 Å². The molecule has 10 heavy (non-hydrogen) atoms. The van der Waals surface area contributed by atoms with Gasteiger partial charge in [0.05, 0.1) is 0 Å². The molecule has 0 aromatic rings. The third-order valence-electron chi connectivity index (χ3n) is 1.14. The first-order valence-electron chi connectivity index (χ1n) is 3.34. The van der Waals surface area contributed by atoms with Crippen molar-refractivity contribution in [1.82, 2.24) is 10.4 Å².